The van der Waals surface area contributed by atoms with Crippen molar-refractivity contribution in [2.75, 3.05) is 0 Å². The van der Waals surface area contributed by atoms with E-state index in [1.54, 1.807) is 25.3 Å². The minimum Gasteiger partial charge on any atom is -0.481 e. The molecule has 1 aromatic heterocycles. The number of carboxylic acids is 1. The average Bonchev–Trinajstić information content (AvgIpc) is 2.35. The van der Waals surface area contributed by atoms with Crippen molar-refractivity contribution in [2.24, 2.45) is 11.8 Å². The smallest absolute Gasteiger partial charge is 0.307 e. The molecule has 2 N–H and O–H groups in total. The second-order valence-corrected chi connectivity index (χ2v) is 3.95. The second kappa shape index (κ2) is 5.98. The number of carbonyl (C=O) groups is 2. The molecule has 5 heteroatoms. The molecule has 17 heavy (non-hydrogen) atoms. The van der Waals surface area contributed by atoms with E-state index in [9.17, 15) is 9.59 Å². The van der Waals surface area contributed by atoms with Gasteiger partial charge in [-0.05, 0) is 12.1 Å². The van der Waals surface area contributed by atoms with Crippen LogP contribution in [-0.4, -0.2) is 22.0 Å². The summed E-state index contributed by atoms with van der Waals surface area (Å²) in [6, 6.07) is 5.42. The van der Waals surface area contributed by atoms with Crippen LogP contribution >= 0.6 is 0 Å². The minimum atomic E-state index is -0.967. The molecule has 0 fully saturated rings. The predicted octanol–water partition coefficient (Wildman–Crippen LogP) is 1.05. The van der Waals surface area contributed by atoms with Crippen LogP contribution < -0.4 is 5.32 Å². The number of rotatable bonds is 5. The molecular weight excluding hydrogens is 220 g/mol. The first-order chi connectivity index (χ1) is 8.02. The summed E-state index contributed by atoms with van der Waals surface area (Å²) in [7, 11) is 0. The summed E-state index contributed by atoms with van der Waals surface area (Å²) in [6.07, 6.45) is 1.64. The van der Waals surface area contributed by atoms with Gasteiger partial charge in [0.1, 0.15) is 0 Å². The van der Waals surface area contributed by atoms with Crippen molar-refractivity contribution in [3.05, 3.63) is 30.1 Å². The Hall–Kier alpha value is -1.91. The van der Waals surface area contributed by atoms with Crippen LogP contribution in [0.3, 0.4) is 0 Å². The van der Waals surface area contributed by atoms with Gasteiger partial charge in [-0.25, -0.2) is 0 Å². The van der Waals surface area contributed by atoms with E-state index in [2.05, 4.69) is 10.3 Å². The van der Waals surface area contributed by atoms with Crippen LogP contribution in [0.2, 0.25) is 0 Å². The molecule has 5 nitrogen and oxygen atoms in total. The van der Waals surface area contributed by atoms with E-state index >= 15 is 0 Å². The quantitative estimate of drug-likeness (QED) is 0.801. The number of amides is 1. The fourth-order valence-corrected chi connectivity index (χ4v) is 1.28. The second-order valence-electron chi connectivity index (χ2n) is 3.95. The van der Waals surface area contributed by atoms with Crippen LogP contribution in [-0.2, 0) is 16.1 Å². The Balaban J connectivity index is 2.47. The van der Waals surface area contributed by atoms with E-state index in [0.29, 0.717) is 6.54 Å². The molecule has 0 bridgehead atoms. The Kier molecular flexibility index (Phi) is 4.63. The fraction of sp³-hybridized carbons (Fsp3) is 0.417. The predicted molar refractivity (Wildman–Crippen MR) is 62.0 cm³/mol. The highest BCUT2D eigenvalue weighted by Crippen LogP contribution is 2.11. The summed E-state index contributed by atoms with van der Waals surface area (Å²) >= 11 is 0. The van der Waals surface area contributed by atoms with Crippen molar-refractivity contribution in [1.29, 1.82) is 0 Å². The van der Waals surface area contributed by atoms with Crippen LogP contribution in [0.1, 0.15) is 19.5 Å². The third-order valence-corrected chi connectivity index (χ3v) is 2.72. The van der Waals surface area contributed by atoms with Crippen LogP contribution in [0.5, 0.6) is 0 Å². The standard InChI is InChI=1S/C12H16N2O3/c1-8(9(2)12(16)17)11(15)14-7-10-5-3-4-6-13-10/h3-6,8-9H,7H2,1-2H3,(H,14,15)(H,16,17). The molecule has 1 rings (SSSR count). The molecule has 2 unspecified atom stereocenters. The first kappa shape index (κ1) is 13.2. The fourth-order valence-electron chi connectivity index (χ4n) is 1.28. The van der Waals surface area contributed by atoms with Crippen molar-refractivity contribution in [2.45, 2.75) is 20.4 Å². The Morgan fingerprint density at radius 3 is 2.59 bits per heavy atom. The van der Waals surface area contributed by atoms with Gasteiger partial charge in [0.15, 0.2) is 0 Å². The summed E-state index contributed by atoms with van der Waals surface area (Å²) in [5.41, 5.74) is 0.746. The molecule has 0 radical (unpaired) electrons. The van der Waals surface area contributed by atoms with Crippen LogP contribution in [0.4, 0.5) is 0 Å². The molecule has 1 heterocycles. The molecule has 0 spiro atoms. The summed E-state index contributed by atoms with van der Waals surface area (Å²) in [5, 5.41) is 11.5. The lowest BCUT2D eigenvalue weighted by atomic mass is 9.95. The SMILES string of the molecule is CC(C(=O)O)C(C)C(=O)NCc1ccccn1. The van der Waals surface area contributed by atoms with E-state index in [0.717, 1.165) is 5.69 Å². The molecule has 0 aromatic carbocycles. The van der Waals surface area contributed by atoms with Crippen LogP contribution in [0.25, 0.3) is 0 Å². The number of aromatic nitrogens is 1. The number of nitrogens with one attached hydrogen (secondary N) is 1. The van der Waals surface area contributed by atoms with Gasteiger partial charge in [0.05, 0.1) is 18.2 Å². The molecule has 0 aliphatic rings. The maximum atomic E-state index is 11.7. The number of hydrogen-bond acceptors (Lipinski definition) is 3. The van der Waals surface area contributed by atoms with E-state index in [1.807, 2.05) is 6.07 Å². The summed E-state index contributed by atoms with van der Waals surface area (Å²) < 4.78 is 0. The molecule has 0 aliphatic carbocycles. The van der Waals surface area contributed by atoms with Gasteiger partial charge < -0.3 is 10.4 Å². The average molecular weight is 236 g/mol. The van der Waals surface area contributed by atoms with E-state index in [4.69, 9.17) is 5.11 Å². The summed E-state index contributed by atoms with van der Waals surface area (Å²) in [5.74, 6) is -2.49. The molecule has 1 amide bonds. The normalized spacial score (nSPS) is 13.8. The van der Waals surface area contributed by atoms with Gasteiger partial charge in [0.2, 0.25) is 5.91 Å². The third kappa shape index (κ3) is 3.86. The first-order valence-corrected chi connectivity index (χ1v) is 5.42. The minimum absolute atomic E-state index is 0.273. The number of aliphatic carboxylic acids is 1. The number of nitrogens with zero attached hydrogens (tertiary/aromatic N) is 1. The molecule has 1 aromatic rings. The maximum absolute atomic E-state index is 11.7. The van der Waals surface area contributed by atoms with Gasteiger partial charge in [-0.2, -0.15) is 0 Å². The van der Waals surface area contributed by atoms with Crippen molar-refractivity contribution in [1.82, 2.24) is 10.3 Å². The van der Waals surface area contributed by atoms with Gasteiger partial charge in [-0.15, -0.1) is 0 Å². The molecule has 0 aliphatic heterocycles. The highest BCUT2D eigenvalue weighted by Gasteiger charge is 2.25. The van der Waals surface area contributed by atoms with Crippen molar-refractivity contribution in [3.8, 4) is 0 Å². The van der Waals surface area contributed by atoms with Gasteiger partial charge in [-0.1, -0.05) is 19.9 Å². The van der Waals surface area contributed by atoms with Crippen LogP contribution in [0, 0.1) is 11.8 Å². The van der Waals surface area contributed by atoms with Crippen molar-refractivity contribution < 1.29 is 14.7 Å². The summed E-state index contributed by atoms with van der Waals surface area (Å²) in [4.78, 5) is 26.4. The molecule has 0 saturated heterocycles. The lowest BCUT2D eigenvalue weighted by Crippen LogP contribution is -2.35. The topological polar surface area (TPSA) is 79.3 Å². The third-order valence-electron chi connectivity index (χ3n) is 2.72. The molecular formula is C12H16N2O3. The molecule has 0 saturated carbocycles. The summed E-state index contributed by atoms with van der Waals surface area (Å²) in [6.45, 7) is 3.44. The number of carbonyl (C=O) groups excluding carboxylic acids is 1. The monoisotopic (exact) mass is 236 g/mol. The van der Waals surface area contributed by atoms with E-state index in [1.165, 1.54) is 6.92 Å². The van der Waals surface area contributed by atoms with Crippen molar-refractivity contribution >= 4 is 11.9 Å². The Morgan fingerprint density at radius 2 is 2.06 bits per heavy atom. The first-order valence-electron chi connectivity index (χ1n) is 5.42. The highest BCUT2D eigenvalue weighted by atomic mass is 16.4. The van der Waals surface area contributed by atoms with Gasteiger partial charge in [0, 0.05) is 12.1 Å². The lowest BCUT2D eigenvalue weighted by molar-refractivity contribution is -0.146. The number of carboxylic acid groups (broad SMARTS) is 1. The highest BCUT2D eigenvalue weighted by molar-refractivity contribution is 5.84. The van der Waals surface area contributed by atoms with Gasteiger partial charge >= 0.3 is 5.97 Å². The van der Waals surface area contributed by atoms with E-state index < -0.39 is 17.8 Å². The zero-order valence-corrected chi connectivity index (χ0v) is 9.88. The largest absolute Gasteiger partial charge is 0.481 e. The van der Waals surface area contributed by atoms with Crippen LogP contribution in [0.15, 0.2) is 24.4 Å². The lowest BCUT2D eigenvalue weighted by Gasteiger charge is -2.15. The number of hydrogen-bond donors (Lipinski definition) is 2. The zero-order chi connectivity index (χ0) is 12.8. The maximum Gasteiger partial charge on any atom is 0.307 e. The Labute approximate surface area is 99.9 Å². The zero-order valence-electron chi connectivity index (χ0n) is 9.88. The number of pyridine rings is 1. The van der Waals surface area contributed by atoms with Crippen molar-refractivity contribution in [3.63, 3.8) is 0 Å². The van der Waals surface area contributed by atoms with E-state index in [-0.39, 0.29) is 5.91 Å². The molecule has 92 valence electrons. The van der Waals surface area contributed by atoms with Gasteiger partial charge in [-0.3, -0.25) is 14.6 Å². The Bertz CT molecular complexity index is 392. The molecule has 2 atom stereocenters. The Morgan fingerprint density at radius 1 is 1.35 bits per heavy atom. The van der Waals surface area contributed by atoms with Gasteiger partial charge in [0.25, 0.3) is 0 Å².